The average Bonchev–Trinajstić information content (AvgIpc) is 3.11. The summed E-state index contributed by atoms with van der Waals surface area (Å²) in [6.45, 7) is 2.20. The zero-order valence-electron chi connectivity index (χ0n) is 17.1. The summed E-state index contributed by atoms with van der Waals surface area (Å²) in [6.07, 6.45) is 2.79. The lowest BCUT2D eigenvalue weighted by Gasteiger charge is -2.18. The van der Waals surface area contributed by atoms with Crippen molar-refractivity contribution in [2.75, 3.05) is 5.32 Å². The van der Waals surface area contributed by atoms with E-state index in [1.165, 1.54) is 16.2 Å². The number of hydrogen-bond acceptors (Lipinski definition) is 4. The Labute approximate surface area is 190 Å². The summed E-state index contributed by atoms with van der Waals surface area (Å²) in [5, 5.41) is 6.47. The highest BCUT2D eigenvalue weighted by atomic mass is 32.1. The van der Waals surface area contributed by atoms with Crippen LogP contribution in [0.1, 0.15) is 44.5 Å². The van der Waals surface area contributed by atoms with Crippen LogP contribution in [-0.4, -0.2) is 16.9 Å². The first-order valence-electron chi connectivity index (χ1n) is 10.1. The summed E-state index contributed by atoms with van der Waals surface area (Å²) in [7, 11) is 0. The number of thiophene rings is 1. The number of carbonyl (C=O) groups is 2. The molecule has 1 aliphatic carbocycles. The maximum Gasteiger partial charge on any atom is 0.257 e. The summed E-state index contributed by atoms with van der Waals surface area (Å²) in [4.78, 5) is 25.9. The molecule has 1 aliphatic rings. The Balaban J connectivity index is 1.45. The van der Waals surface area contributed by atoms with Gasteiger partial charge in [-0.15, -0.1) is 11.3 Å². The molecule has 2 amide bonds. The van der Waals surface area contributed by atoms with Crippen LogP contribution in [0, 0.1) is 5.92 Å². The van der Waals surface area contributed by atoms with Crippen molar-refractivity contribution in [2.24, 2.45) is 11.7 Å². The Kier molecular flexibility index (Phi) is 6.15. The van der Waals surface area contributed by atoms with Crippen molar-refractivity contribution in [1.29, 1.82) is 0 Å². The SMILES string of the molecule is C[C@@H]1CCc2c(sc(NC(=S)NC(=O)c3ccc(-c4ccccc4)cc3)c2C(N)=O)C1. The number of nitrogens with one attached hydrogen (secondary N) is 2. The Hall–Kier alpha value is -3.03. The minimum atomic E-state index is -0.472. The van der Waals surface area contributed by atoms with E-state index in [2.05, 4.69) is 17.6 Å². The minimum absolute atomic E-state index is 0.145. The van der Waals surface area contributed by atoms with E-state index in [1.807, 2.05) is 42.5 Å². The van der Waals surface area contributed by atoms with Gasteiger partial charge in [0, 0.05) is 10.4 Å². The summed E-state index contributed by atoms with van der Waals surface area (Å²) in [5.41, 5.74) is 9.77. The molecule has 158 valence electrons. The van der Waals surface area contributed by atoms with E-state index < -0.39 is 5.91 Å². The number of carbonyl (C=O) groups excluding carboxylic acids is 2. The third-order valence-electron chi connectivity index (χ3n) is 5.47. The average molecular weight is 450 g/mol. The van der Waals surface area contributed by atoms with E-state index in [0.29, 0.717) is 22.0 Å². The predicted molar refractivity (Wildman–Crippen MR) is 130 cm³/mol. The van der Waals surface area contributed by atoms with Crippen LogP contribution < -0.4 is 16.4 Å². The van der Waals surface area contributed by atoms with Crippen molar-refractivity contribution < 1.29 is 9.59 Å². The van der Waals surface area contributed by atoms with Crippen LogP contribution in [0.4, 0.5) is 5.00 Å². The second-order valence-corrected chi connectivity index (χ2v) is 9.29. The number of fused-ring (bicyclic) bond motifs is 1. The molecule has 0 unspecified atom stereocenters. The molecule has 0 aliphatic heterocycles. The van der Waals surface area contributed by atoms with Gasteiger partial charge in [0.1, 0.15) is 5.00 Å². The van der Waals surface area contributed by atoms with Gasteiger partial charge in [-0.1, -0.05) is 49.4 Å². The van der Waals surface area contributed by atoms with E-state index in [4.69, 9.17) is 18.0 Å². The zero-order chi connectivity index (χ0) is 22.0. The van der Waals surface area contributed by atoms with Crippen LogP contribution in [0.15, 0.2) is 54.6 Å². The molecule has 3 aromatic rings. The normalized spacial score (nSPS) is 15.1. The van der Waals surface area contributed by atoms with Gasteiger partial charge in [0.15, 0.2) is 5.11 Å². The molecule has 2 aromatic carbocycles. The molecule has 0 fully saturated rings. The Morgan fingerprint density at radius 3 is 2.42 bits per heavy atom. The minimum Gasteiger partial charge on any atom is -0.365 e. The van der Waals surface area contributed by atoms with Crippen molar-refractivity contribution in [3.63, 3.8) is 0 Å². The molecule has 5 nitrogen and oxygen atoms in total. The molecule has 4 N–H and O–H groups in total. The van der Waals surface area contributed by atoms with Crippen LogP contribution in [0.25, 0.3) is 11.1 Å². The van der Waals surface area contributed by atoms with E-state index in [0.717, 1.165) is 36.0 Å². The van der Waals surface area contributed by atoms with Gasteiger partial charge in [0.05, 0.1) is 5.56 Å². The molecule has 0 saturated carbocycles. The Morgan fingerprint density at radius 2 is 1.74 bits per heavy atom. The molecule has 0 bridgehead atoms. The number of nitrogens with two attached hydrogens (primary N) is 1. The third-order valence-corrected chi connectivity index (χ3v) is 6.84. The largest absolute Gasteiger partial charge is 0.365 e. The molecular formula is C24H23N3O2S2. The monoisotopic (exact) mass is 449 g/mol. The van der Waals surface area contributed by atoms with Gasteiger partial charge >= 0.3 is 0 Å². The lowest BCUT2D eigenvalue weighted by atomic mass is 9.88. The summed E-state index contributed by atoms with van der Waals surface area (Å²) < 4.78 is 0. The number of rotatable bonds is 4. The molecule has 0 radical (unpaired) electrons. The van der Waals surface area contributed by atoms with Gasteiger partial charge in [-0.3, -0.25) is 14.9 Å². The van der Waals surface area contributed by atoms with Crippen molar-refractivity contribution in [3.8, 4) is 11.1 Å². The lowest BCUT2D eigenvalue weighted by molar-refractivity contribution is 0.0975. The van der Waals surface area contributed by atoms with Gasteiger partial charge in [-0.2, -0.15) is 0 Å². The summed E-state index contributed by atoms with van der Waals surface area (Å²) in [6, 6.07) is 17.3. The van der Waals surface area contributed by atoms with Crippen molar-refractivity contribution in [3.05, 3.63) is 76.2 Å². The van der Waals surface area contributed by atoms with Gasteiger partial charge < -0.3 is 11.1 Å². The van der Waals surface area contributed by atoms with Gasteiger partial charge in [0.25, 0.3) is 11.8 Å². The fourth-order valence-electron chi connectivity index (χ4n) is 3.85. The van der Waals surface area contributed by atoms with Crippen molar-refractivity contribution >= 4 is 45.5 Å². The van der Waals surface area contributed by atoms with Crippen LogP contribution in [-0.2, 0) is 12.8 Å². The first-order valence-corrected chi connectivity index (χ1v) is 11.4. The van der Waals surface area contributed by atoms with Crippen LogP contribution in [0.5, 0.6) is 0 Å². The molecule has 7 heteroatoms. The van der Waals surface area contributed by atoms with Crippen molar-refractivity contribution in [1.82, 2.24) is 5.32 Å². The highest BCUT2D eigenvalue weighted by Gasteiger charge is 2.27. The maximum atomic E-state index is 12.6. The standard InChI is InChI=1S/C24H23N3O2S2/c1-14-7-12-18-19(13-14)31-23(20(18)21(25)28)27-24(30)26-22(29)17-10-8-16(9-11-17)15-5-3-2-4-6-15/h2-6,8-11,14H,7,12-13H2,1H3,(H2,25,28)(H2,26,27,29,30)/t14-/m1/s1. The Bertz CT molecular complexity index is 1140. The highest BCUT2D eigenvalue weighted by Crippen LogP contribution is 2.39. The smallest absolute Gasteiger partial charge is 0.257 e. The number of primary amides is 1. The first kappa shape index (κ1) is 21.2. The molecule has 4 rings (SSSR count). The number of benzene rings is 2. The lowest BCUT2D eigenvalue weighted by Crippen LogP contribution is -2.34. The van der Waals surface area contributed by atoms with Gasteiger partial charge in [-0.05, 0) is 66.2 Å². The molecule has 0 saturated heterocycles. The van der Waals surface area contributed by atoms with Crippen molar-refractivity contribution in [2.45, 2.75) is 26.2 Å². The number of anilines is 1. The molecular weight excluding hydrogens is 426 g/mol. The molecule has 1 heterocycles. The van der Waals surface area contributed by atoms with Crippen LogP contribution in [0.3, 0.4) is 0 Å². The second kappa shape index (κ2) is 8.99. The topological polar surface area (TPSA) is 84.2 Å². The quantitative estimate of drug-likeness (QED) is 0.501. The van der Waals surface area contributed by atoms with Crippen LogP contribution in [0.2, 0.25) is 0 Å². The highest BCUT2D eigenvalue weighted by molar-refractivity contribution is 7.80. The first-order chi connectivity index (χ1) is 14.9. The van der Waals surface area contributed by atoms with Gasteiger partial charge in [-0.25, -0.2) is 0 Å². The molecule has 1 atom stereocenters. The van der Waals surface area contributed by atoms with E-state index in [-0.39, 0.29) is 11.0 Å². The molecule has 31 heavy (non-hydrogen) atoms. The summed E-state index contributed by atoms with van der Waals surface area (Å²) in [5.74, 6) is -0.210. The van der Waals surface area contributed by atoms with Crippen LogP contribution >= 0.6 is 23.6 Å². The third kappa shape index (κ3) is 4.68. The van der Waals surface area contributed by atoms with E-state index in [9.17, 15) is 9.59 Å². The number of hydrogen-bond donors (Lipinski definition) is 3. The number of thiocarbonyl (C=S) groups is 1. The number of amides is 2. The predicted octanol–water partition coefficient (Wildman–Crippen LogP) is 4.77. The Morgan fingerprint density at radius 1 is 1.06 bits per heavy atom. The fraction of sp³-hybridized carbons (Fsp3) is 0.208. The fourth-order valence-corrected chi connectivity index (χ4v) is 5.53. The van der Waals surface area contributed by atoms with Gasteiger partial charge in [0.2, 0.25) is 0 Å². The molecule has 1 aromatic heterocycles. The van der Waals surface area contributed by atoms with E-state index in [1.54, 1.807) is 12.1 Å². The maximum absolute atomic E-state index is 12.6. The molecule has 0 spiro atoms. The summed E-state index contributed by atoms with van der Waals surface area (Å²) >= 11 is 6.83. The zero-order valence-corrected chi connectivity index (χ0v) is 18.7. The second-order valence-electron chi connectivity index (χ2n) is 7.77. The van der Waals surface area contributed by atoms with E-state index >= 15 is 0 Å².